The molecular weight excluding hydrogens is 366 g/mol. The second-order valence-corrected chi connectivity index (χ2v) is 8.09. The van der Waals surface area contributed by atoms with Crippen LogP contribution in [0.1, 0.15) is 0 Å². The number of benzene rings is 1. The number of hydrogen-bond donors (Lipinski definition) is 0. The fourth-order valence-electron chi connectivity index (χ4n) is 3.31. The second kappa shape index (κ2) is 6.53. The molecule has 2 atom stereocenters. The van der Waals surface area contributed by atoms with Crippen molar-refractivity contribution in [3.63, 3.8) is 0 Å². The highest BCUT2D eigenvalue weighted by Crippen LogP contribution is 2.29. The normalized spacial score (nSPS) is 23.8. The van der Waals surface area contributed by atoms with E-state index in [-0.39, 0.29) is 30.1 Å². The number of halogens is 2. The van der Waals surface area contributed by atoms with Gasteiger partial charge in [0.2, 0.25) is 16.0 Å². The van der Waals surface area contributed by atoms with E-state index in [2.05, 4.69) is 9.97 Å². The smallest absolute Gasteiger partial charge is 0.243 e. The number of ether oxygens (including phenoxy) is 1. The Hall–Kier alpha value is -2.17. The van der Waals surface area contributed by atoms with Crippen LogP contribution in [0, 0.1) is 11.6 Å². The van der Waals surface area contributed by atoms with E-state index >= 15 is 0 Å². The molecule has 0 unspecified atom stereocenters. The number of morpholine rings is 1. The van der Waals surface area contributed by atoms with E-state index in [0.717, 1.165) is 24.5 Å². The summed E-state index contributed by atoms with van der Waals surface area (Å²) in [7, 11) is -3.77. The van der Waals surface area contributed by atoms with Crippen molar-refractivity contribution in [1.29, 1.82) is 0 Å². The molecule has 10 heteroatoms. The topological polar surface area (TPSA) is 75.6 Å². The van der Waals surface area contributed by atoms with Gasteiger partial charge in [-0.25, -0.2) is 27.2 Å². The zero-order chi connectivity index (χ0) is 18.3. The molecule has 3 heterocycles. The van der Waals surface area contributed by atoms with E-state index in [1.165, 1.54) is 16.4 Å². The number of anilines is 1. The number of nitrogens with zero attached hydrogens (tertiary/aromatic N) is 4. The van der Waals surface area contributed by atoms with E-state index < -0.39 is 21.7 Å². The molecule has 2 saturated heterocycles. The van der Waals surface area contributed by atoms with Gasteiger partial charge in [-0.05, 0) is 24.3 Å². The van der Waals surface area contributed by atoms with Crippen LogP contribution in [0.5, 0.6) is 0 Å². The molecule has 1 aromatic carbocycles. The molecular formula is C16H16F2N4O3S. The maximum atomic E-state index is 13.1. The van der Waals surface area contributed by atoms with Gasteiger partial charge in [0, 0.05) is 19.6 Å². The molecule has 1 aromatic heterocycles. The summed E-state index contributed by atoms with van der Waals surface area (Å²) in [5.41, 5.74) is 0. The molecule has 0 aliphatic carbocycles. The minimum atomic E-state index is -3.77. The van der Waals surface area contributed by atoms with E-state index in [9.17, 15) is 17.2 Å². The molecule has 4 rings (SSSR count). The molecule has 0 N–H and O–H groups in total. The maximum Gasteiger partial charge on any atom is 0.243 e. The minimum Gasteiger partial charge on any atom is -0.373 e. The average molecular weight is 382 g/mol. The standard InChI is InChI=1S/C16H16F2N4O3S/c17-11-1-3-13(4-2-11)26(23,24)21-9-14-15(10-21)25-6-5-22(14)16-19-7-12(18)8-20-16/h1-4,7-8,14-15H,5-6,9-10H2/t14-,15+/m1/s1. The first-order valence-electron chi connectivity index (χ1n) is 8.07. The summed E-state index contributed by atoms with van der Waals surface area (Å²) >= 11 is 0. The molecule has 138 valence electrons. The lowest BCUT2D eigenvalue weighted by Crippen LogP contribution is -2.51. The van der Waals surface area contributed by atoms with Crippen LogP contribution in [0.4, 0.5) is 14.7 Å². The third kappa shape index (κ3) is 3.04. The van der Waals surface area contributed by atoms with Gasteiger partial charge in [-0.2, -0.15) is 4.31 Å². The van der Waals surface area contributed by atoms with Crippen molar-refractivity contribution in [2.45, 2.75) is 17.0 Å². The van der Waals surface area contributed by atoms with Crippen molar-refractivity contribution in [3.05, 3.63) is 48.3 Å². The highest BCUT2D eigenvalue weighted by molar-refractivity contribution is 7.89. The first-order chi connectivity index (χ1) is 12.4. The van der Waals surface area contributed by atoms with Gasteiger partial charge in [-0.3, -0.25) is 0 Å². The van der Waals surface area contributed by atoms with Crippen molar-refractivity contribution < 1.29 is 21.9 Å². The van der Waals surface area contributed by atoms with Gasteiger partial charge in [0.05, 0.1) is 36.0 Å². The van der Waals surface area contributed by atoms with Crippen LogP contribution in [0.15, 0.2) is 41.6 Å². The third-order valence-electron chi connectivity index (χ3n) is 4.58. The van der Waals surface area contributed by atoms with Crippen LogP contribution in [-0.4, -0.2) is 61.1 Å². The molecule has 0 saturated carbocycles. The Bertz CT molecular complexity index is 893. The van der Waals surface area contributed by atoms with Gasteiger partial charge in [-0.1, -0.05) is 0 Å². The quantitative estimate of drug-likeness (QED) is 0.790. The summed E-state index contributed by atoms with van der Waals surface area (Å²) < 4.78 is 58.8. The lowest BCUT2D eigenvalue weighted by molar-refractivity contribution is 0.0325. The van der Waals surface area contributed by atoms with Crippen LogP contribution in [0.25, 0.3) is 0 Å². The molecule has 2 aliphatic rings. The average Bonchev–Trinajstić information content (AvgIpc) is 3.08. The highest BCUT2D eigenvalue weighted by Gasteiger charge is 2.45. The van der Waals surface area contributed by atoms with Crippen molar-refractivity contribution in [2.75, 3.05) is 31.1 Å². The summed E-state index contributed by atoms with van der Waals surface area (Å²) in [6.07, 6.45) is 1.82. The van der Waals surface area contributed by atoms with E-state index in [1.54, 1.807) is 0 Å². The lowest BCUT2D eigenvalue weighted by Gasteiger charge is -2.36. The third-order valence-corrected chi connectivity index (χ3v) is 6.43. The lowest BCUT2D eigenvalue weighted by atomic mass is 10.1. The zero-order valence-electron chi connectivity index (χ0n) is 13.6. The number of fused-ring (bicyclic) bond motifs is 1. The van der Waals surface area contributed by atoms with Crippen molar-refractivity contribution in [2.24, 2.45) is 0 Å². The van der Waals surface area contributed by atoms with Crippen molar-refractivity contribution in [3.8, 4) is 0 Å². The Balaban J connectivity index is 1.59. The highest BCUT2D eigenvalue weighted by atomic mass is 32.2. The Kier molecular flexibility index (Phi) is 4.33. The van der Waals surface area contributed by atoms with Crippen LogP contribution >= 0.6 is 0 Å². The Morgan fingerprint density at radius 3 is 2.42 bits per heavy atom. The fourth-order valence-corrected chi connectivity index (χ4v) is 4.78. The summed E-state index contributed by atoms with van der Waals surface area (Å²) in [6, 6.07) is 4.45. The maximum absolute atomic E-state index is 13.1. The summed E-state index contributed by atoms with van der Waals surface area (Å²) in [5, 5.41) is 0. The molecule has 0 bridgehead atoms. The van der Waals surface area contributed by atoms with Gasteiger partial charge in [0.25, 0.3) is 0 Å². The van der Waals surface area contributed by atoms with Crippen LogP contribution < -0.4 is 4.90 Å². The fraction of sp³-hybridized carbons (Fsp3) is 0.375. The molecule has 7 nitrogen and oxygen atoms in total. The number of sulfonamides is 1. The van der Waals surface area contributed by atoms with Crippen LogP contribution in [-0.2, 0) is 14.8 Å². The molecule has 2 aliphatic heterocycles. The first-order valence-corrected chi connectivity index (χ1v) is 9.51. The van der Waals surface area contributed by atoms with Gasteiger partial charge < -0.3 is 9.64 Å². The number of aromatic nitrogens is 2. The van der Waals surface area contributed by atoms with Gasteiger partial charge in [-0.15, -0.1) is 0 Å². The number of rotatable bonds is 3. The Morgan fingerprint density at radius 1 is 1.04 bits per heavy atom. The largest absolute Gasteiger partial charge is 0.373 e. The summed E-state index contributed by atoms with van der Waals surface area (Å²) in [6.45, 7) is 1.25. The SMILES string of the molecule is O=S(=O)(c1ccc(F)cc1)N1C[C@@H]2OCCN(c3ncc(F)cn3)[C@@H]2C1. The number of hydrogen-bond acceptors (Lipinski definition) is 6. The Morgan fingerprint density at radius 2 is 1.73 bits per heavy atom. The first kappa shape index (κ1) is 17.3. The monoisotopic (exact) mass is 382 g/mol. The molecule has 0 radical (unpaired) electrons. The molecule has 2 fully saturated rings. The van der Waals surface area contributed by atoms with Gasteiger partial charge in [0.15, 0.2) is 5.82 Å². The second-order valence-electron chi connectivity index (χ2n) is 6.15. The summed E-state index contributed by atoms with van der Waals surface area (Å²) in [4.78, 5) is 9.85. The Labute approximate surface area is 149 Å². The summed E-state index contributed by atoms with van der Waals surface area (Å²) in [5.74, 6) is -0.696. The van der Waals surface area contributed by atoms with Gasteiger partial charge >= 0.3 is 0 Å². The van der Waals surface area contributed by atoms with E-state index in [1.807, 2.05) is 4.90 Å². The predicted octanol–water partition coefficient (Wildman–Crippen LogP) is 1.03. The minimum absolute atomic E-state index is 0.0297. The predicted molar refractivity (Wildman–Crippen MR) is 88.0 cm³/mol. The molecule has 2 aromatic rings. The van der Waals surface area contributed by atoms with E-state index in [4.69, 9.17) is 4.74 Å². The van der Waals surface area contributed by atoms with Crippen LogP contribution in [0.2, 0.25) is 0 Å². The molecule has 0 amide bonds. The zero-order valence-corrected chi connectivity index (χ0v) is 14.4. The molecule has 26 heavy (non-hydrogen) atoms. The van der Waals surface area contributed by atoms with Crippen molar-refractivity contribution in [1.82, 2.24) is 14.3 Å². The van der Waals surface area contributed by atoms with Crippen LogP contribution in [0.3, 0.4) is 0 Å². The van der Waals surface area contributed by atoms with E-state index in [0.29, 0.717) is 19.1 Å². The van der Waals surface area contributed by atoms with Gasteiger partial charge in [0.1, 0.15) is 5.82 Å². The van der Waals surface area contributed by atoms with Crippen molar-refractivity contribution >= 4 is 16.0 Å². The molecule has 0 spiro atoms.